The number of H-pyrrole nitrogens is 1. The number of hydrogen-bond acceptors (Lipinski definition) is 5. The summed E-state index contributed by atoms with van der Waals surface area (Å²) in [7, 11) is 0. The summed E-state index contributed by atoms with van der Waals surface area (Å²) in [5.74, 6) is 1.18. The Kier molecular flexibility index (Phi) is 6.75. The van der Waals surface area contributed by atoms with Crippen LogP contribution in [-0.4, -0.2) is 72.2 Å². The van der Waals surface area contributed by atoms with Gasteiger partial charge in [0, 0.05) is 36.5 Å². The van der Waals surface area contributed by atoms with Crippen molar-refractivity contribution in [2.75, 3.05) is 39.5 Å². The summed E-state index contributed by atoms with van der Waals surface area (Å²) in [6.07, 6.45) is 2.80. The first-order valence-corrected chi connectivity index (χ1v) is 14.2. The maximum Gasteiger partial charge on any atom is 0.255 e. The Labute approximate surface area is 229 Å². The van der Waals surface area contributed by atoms with Crippen LogP contribution in [0.3, 0.4) is 0 Å². The number of benzene rings is 2. The van der Waals surface area contributed by atoms with E-state index >= 15 is 0 Å². The fourth-order valence-electron chi connectivity index (χ4n) is 6.50. The van der Waals surface area contributed by atoms with Crippen LogP contribution in [0.15, 0.2) is 42.5 Å². The first-order valence-electron chi connectivity index (χ1n) is 14.2. The van der Waals surface area contributed by atoms with Crippen molar-refractivity contribution >= 4 is 22.7 Å². The molecule has 2 amide bonds. The van der Waals surface area contributed by atoms with E-state index in [1.165, 1.54) is 0 Å². The predicted molar refractivity (Wildman–Crippen MR) is 148 cm³/mol. The number of para-hydroxylation sites is 1. The van der Waals surface area contributed by atoms with E-state index in [0.717, 1.165) is 52.7 Å². The van der Waals surface area contributed by atoms with E-state index in [9.17, 15) is 9.59 Å². The van der Waals surface area contributed by atoms with Gasteiger partial charge in [-0.25, -0.2) is 0 Å². The van der Waals surface area contributed by atoms with Crippen molar-refractivity contribution in [3.05, 3.63) is 59.3 Å². The molecule has 0 aliphatic carbocycles. The Morgan fingerprint density at radius 1 is 1.10 bits per heavy atom. The van der Waals surface area contributed by atoms with Gasteiger partial charge in [0.2, 0.25) is 5.91 Å². The second kappa shape index (κ2) is 10.2. The van der Waals surface area contributed by atoms with Gasteiger partial charge in [0.05, 0.1) is 31.6 Å². The lowest BCUT2D eigenvalue weighted by Crippen LogP contribution is -2.68. The van der Waals surface area contributed by atoms with Crippen LogP contribution < -0.4 is 9.47 Å². The number of nitrogens with one attached hydrogen (secondary N) is 1. The SMILES string of the molecule is CCCOc1ccc([C@@H]2CN3C(=O)CN(C[C@H]4CCCO4)C(=O)[C@]3(C)c3[nH]c4ccccc4c32)cc1OCC. The van der Waals surface area contributed by atoms with E-state index in [2.05, 4.69) is 24.0 Å². The molecule has 4 heterocycles. The average molecular weight is 532 g/mol. The minimum absolute atomic E-state index is 0.0131. The minimum Gasteiger partial charge on any atom is -0.490 e. The first-order chi connectivity index (χ1) is 19.0. The van der Waals surface area contributed by atoms with Crippen LogP contribution in [0.1, 0.15) is 62.8 Å². The van der Waals surface area contributed by atoms with Gasteiger partial charge in [0.15, 0.2) is 17.0 Å². The van der Waals surface area contributed by atoms with Crippen LogP contribution in [-0.2, 0) is 19.9 Å². The van der Waals surface area contributed by atoms with Crippen LogP contribution in [0.25, 0.3) is 10.9 Å². The molecule has 3 aliphatic rings. The summed E-state index contributed by atoms with van der Waals surface area (Å²) < 4.78 is 17.7. The van der Waals surface area contributed by atoms with Crippen molar-refractivity contribution < 1.29 is 23.8 Å². The largest absolute Gasteiger partial charge is 0.490 e. The summed E-state index contributed by atoms with van der Waals surface area (Å²) in [5, 5.41) is 1.07. The van der Waals surface area contributed by atoms with Crippen molar-refractivity contribution in [1.82, 2.24) is 14.8 Å². The number of ether oxygens (including phenoxy) is 3. The maximum absolute atomic E-state index is 14.2. The zero-order valence-electron chi connectivity index (χ0n) is 23.0. The Morgan fingerprint density at radius 3 is 2.72 bits per heavy atom. The third kappa shape index (κ3) is 4.25. The predicted octanol–water partition coefficient (Wildman–Crippen LogP) is 4.57. The van der Waals surface area contributed by atoms with Gasteiger partial charge in [-0.05, 0) is 62.4 Å². The highest BCUT2D eigenvalue weighted by Gasteiger charge is 2.56. The van der Waals surface area contributed by atoms with E-state index in [0.29, 0.717) is 38.7 Å². The van der Waals surface area contributed by atoms with Gasteiger partial charge in [-0.1, -0.05) is 31.2 Å². The monoisotopic (exact) mass is 531 g/mol. The number of piperazine rings is 1. The summed E-state index contributed by atoms with van der Waals surface area (Å²) in [6.45, 7) is 8.70. The fraction of sp³-hybridized carbons (Fsp3) is 0.484. The normalized spacial score (nSPS) is 24.7. The van der Waals surface area contributed by atoms with Crippen LogP contribution in [0.5, 0.6) is 11.5 Å². The van der Waals surface area contributed by atoms with Crippen LogP contribution in [0, 0.1) is 0 Å². The number of aromatic amines is 1. The van der Waals surface area contributed by atoms with Gasteiger partial charge in [0.25, 0.3) is 5.91 Å². The molecule has 3 aliphatic heterocycles. The van der Waals surface area contributed by atoms with Gasteiger partial charge in [-0.15, -0.1) is 0 Å². The molecule has 2 aromatic carbocycles. The molecule has 0 spiro atoms. The zero-order chi connectivity index (χ0) is 27.1. The molecule has 1 N–H and O–H groups in total. The Bertz CT molecular complexity index is 1390. The third-order valence-corrected chi connectivity index (χ3v) is 8.40. The maximum atomic E-state index is 14.2. The molecular formula is C31H37N3O5. The first kappa shape index (κ1) is 25.7. The van der Waals surface area contributed by atoms with Gasteiger partial charge in [0.1, 0.15) is 0 Å². The molecule has 2 fully saturated rings. The molecule has 6 rings (SSSR count). The highest BCUT2D eigenvalue weighted by molar-refractivity contribution is 6.01. The molecule has 0 radical (unpaired) electrons. The lowest BCUT2D eigenvalue weighted by Gasteiger charge is -2.51. The number of amides is 2. The molecular weight excluding hydrogens is 494 g/mol. The molecule has 3 aromatic rings. The molecule has 3 atom stereocenters. The Hall–Kier alpha value is -3.52. The van der Waals surface area contributed by atoms with Crippen molar-refractivity contribution in [2.45, 2.75) is 57.6 Å². The number of fused-ring (bicyclic) bond motifs is 5. The third-order valence-electron chi connectivity index (χ3n) is 8.40. The molecule has 39 heavy (non-hydrogen) atoms. The van der Waals surface area contributed by atoms with E-state index < -0.39 is 5.54 Å². The summed E-state index contributed by atoms with van der Waals surface area (Å²) in [4.78, 5) is 35.0. The number of carbonyl (C=O) groups excluding carboxylic acids is 2. The van der Waals surface area contributed by atoms with Crippen LogP contribution >= 0.6 is 0 Å². The summed E-state index contributed by atoms with van der Waals surface area (Å²) in [6, 6.07) is 14.2. The van der Waals surface area contributed by atoms with E-state index in [1.807, 2.05) is 44.2 Å². The molecule has 0 bridgehead atoms. The summed E-state index contributed by atoms with van der Waals surface area (Å²) >= 11 is 0. The van der Waals surface area contributed by atoms with Crippen LogP contribution in [0.2, 0.25) is 0 Å². The smallest absolute Gasteiger partial charge is 0.255 e. The highest BCUT2D eigenvalue weighted by atomic mass is 16.5. The van der Waals surface area contributed by atoms with E-state index in [-0.39, 0.29) is 30.4 Å². The number of aromatic nitrogens is 1. The van der Waals surface area contributed by atoms with Gasteiger partial charge >= 0.3 is 0 Å². The lowest BCUT2D eigenvalue weighted by molar-refractivity contribution is -0.167. The fourth-order valence-corrected chi connectivity index (χ4v) is 6.50. The molecule has 8 nitrogen and oxygen atoms in total. The van der Waals surface area contributed by atoms with Crippen molar-refractivity contribution in [3.63, 3.8) is 0 Å². The molecule has 2 saturated heterocycles. The number of hydrogen-bond donors (Lipinski definition) is 1. The van der Waals surface area contributed by atoms with E-state index in [1.54, 1.807) is 9.80 Å². The number of rotatable bonds is 8. The van der Waals surface area contributed by atoms with Gasteiger partial charge < -0.3 is 29.0 Å². The second-order valence-electron chi connectivity index (χ2n) is 10.9. The van der Waals surface area contributed by atoms with Crippen molar-refractivity contribution in [2.24, 2.45) is 0 Å². The standard InChI is InChI=1S/C31H37N3O5/c1-4-14-39-25-13-12-20(16-26(25)37-5-2)23-18-34-27(35)19-33(17-21-9-8-15-38-21)30(36)31(34,3)29-28(23)22-10-6-7-11-24(22)32-29/h6-7,10-13,16,21,23,32H,4-5,8-9,14-15,17-19H2,1-3H3/t21-,23+,31+/m1/s1. The summed E-state index contributed by atoms with van der Waals surface area (Å²) in [5.41, 5.74) is 2.72. The average Bonchev–Trinajstić information content (AvgIpc) is 3.60. The van der Waals surface area contributed by atoms with Crippen molar-refractivity contribution in [3.8, 4) is 11.5 Å². The van der Waals surface area contributed by atoms with Crippen LogP contribution in [0.4, 0.5) is 0 Å². The molecule has 0 unspecified atom stereocenters. The number of carbonyl (C=O) groups is 2. The van der Waals surface area contributed by atoms with E-state index in [4.69, 9.17) is 14.2 Å². The number of nitrogens with zero attached hydrogens (tertiary/aromatic N) is 2. The minimum atomic E-state index is -1.12. The highest BCUT2D eigenvalue weighted by Crippen LogP contribution is 2.49. The lowest BCUT2D eigenvalue weighted by atomic mass is 9.76. The topological polar surface area (TPSA) is 84.1 Å². The molecule has 1 aromatic heterocycles. The van der Waals surface area contributed by atoms with Gasteiger partial charge in [-0.3, -0.25) is 9.59 Å². The second-order valence-corrected chi connectivity index (χ2v) is 10.9. The molecule has 8 heteroatoms. The molecule has 206 valence electrons. The zero-order valence-corrected chi connectivity index (χ0v) is 23.0. The van der Waals surface area contributed by atoms with Gasteiger partial charge in [-0.2, -0.15) is 0 Å². The Morgan fingerprint density at radius 2 is 1.95 bits per heavy atom. The quantitative estimate of drug-likeness (QED) is 0.461. The molecule has 0 saturated carbocycles. The van der Waals surface area contributed by atoms with Crippen molar-refractivity contribution in [1.29, 1.82) is 0 Å². The Balaban J connectivity index is 1.46.